The number of hydrogen-bond donors (Lipinski definition) is 3. The topological polar surface area (TPSA) is 136 Å². The Bertz CT molecular complexity index is 2280. The summed E-state index contributed by atoms with van der Waals surface area (Å²) in [5.74, 6) is 7.89. The van der Waals surface area contributed by atoms with Gasteiger partial charge in [-0.05, 0) is 91.8 Å². The molecule has 4 atom stereocenters. The number of amides is 3. The fraction of sp³-hybridized carbons (Fsp3) is 0.386. The number of rotatable bonds is 8. The van der Waals surface area contributed by atoms with Crippen LogP contribution in [0.5, 0.6) is 0 Å². The van der Waals surface area contributed by atoms with Crippen LogP contribution < -0.4 is 5.32 Å². The first-order valence-electron chi connectivity index (χ1n) is 19.3. The molecule has 1 saturated carbocycles. The van der Waals surface area contributed by atoms with E-state index in [-0.39, 0.29) is 41.1 Å². The van der Waals surface area contributed by atoms with Crippen molar-refractivity contribution in [3.63, 3.8) is 0 Å². The Balaban J connectivity index is 0.945. The smallest absolute Gasteiger partial charge is 0.407 e. The van der Waals surface area contributed by atoms with Crippen LogP contribution >= 0.6 is 0 Å². The molecule has 1 aliphatic carbocycles. The minimum atomic E-state index is -0.681. The highest BCUT2D eigenvalue weighted by atomic mass is 16.5. The van der Waals surface area contributed by atoms with Crippen LogP contribution in [-0.4, -0.2) is 73.9 Å². The van der Waals surface area contributed by atoms with E-state index in [1.165, 1.54) is 7.11 Å². The first-order chi connectivity index (χ1) is 26.6. The Morgan fingerprint density at radius 2 is 1.64 bits per heavy atom. The lowest BCUT2D eigenvalue weighted by Gasteiger charge is -2.30. The van der Waals surface area contributed by atoms with E-state index >= 15 is 0 Å². The number of ether oxygens (including phenoxy) is 1. The van der Waals surface area contributed by atoms with Gasteiger partial charge in [0.25, 0.3) is 0 Å². The molecule has 0 unspecified atom stereocenters. The number of benzene rings is 3. The zero-order valence-corrected chi connectivity index (χ0v) is 31.8. The molecule has 0 radical (unpaired) electrons. The molecule has 2 aliphatic heterocycles. The molecule has 11 nitrogen and oxygen atoms in total. The van der Waals surface area contributed by atoms with Crippen LogP contribution in [0, 0.1) is 23.2 Å². The van der Waals surface area contributed by atoms with Crippen LogP contribution in [0.4, 0.5) is 4.79 Å². The number of hydrogen-bond acceptors (Lipinski definition) is 6. The van der Waals surface area contributed by atoms with Gasteiger partial charge in [0.15, 0.2) is 0 Å². The number of aromatic amines is 2. The van der Waals surface area contributed by atoms with E-state index in [9.17, 15) is 14.4 Å². The second-order valence-corrected chi connectivity index (χ2v) is 15.7. The maximum absolute atomic E-state index is 13.8. The van der Waals surface area contributed by atoms with Crippen molar-refractivity contribution in [2.24, 2.45) is 11.3 Å². The van der Waals surface area contributed by atoms with Gasteiger partial charge in [0.2, 0.25) is 11.8 Å². The van der Waals surface area contributed by atoms with Crippen LogP contribution in [0.3, 0.4) is 0 Å². The van der Waals surface area contributed by atoms with E-state index in [1.807, 2.05) is 98.5 Å². The normalized spacial score (nSPS) is 19.7. The number of likely N-dealkylation sites (tertiary alicyclic amines) is 2. The number of aromatic nitrogens is 4. The number of H-pyrrole nitrogens is 2. The molecule has 8 rings (SSSR count). The molecule has 3 aromatic carbocycles. The van der Waals surface area contributed by atoms with Gasteiger partial charge in [-0.3, -0.25) is 9.59 Å². The standard InChI is InChI=1S/C44H47N7O4/c1-27(2)38(49-43(54)55-4)42(53)50-22-8-11-36(50)39-45-25-35(48-39)32-17-14-29(15-18-32)12-13-30-16-19-33-34(23-30)47-40(46-33)37-24-44(20-21-44)26-51(37)41(52)28(3)31-9-6-5-7-10-31/h5-7,9-10,14-19,23,25,27-28,36-38H,8,11,20-22,24,26H2,1-4H3,(H,45,48)(H,46,47)(H,49,54)/t28-,36+,37+,38+/m1/s1. The summed E-state index contributed by atoms with van der Waals surface area (Å²) in [6, 6.07) is 23.1. The third-order valence-corrected chi connectivity index (χ3v) is 11.6. The summed E-state index contributed by atoms with van der Waals surface area (Å²) in [6.45, 7) is 7.20. The van der Waals surface area contributed by atoms with Gasteiger partial charge >= 0.3 is 6.09 Å². The van der Waals surface area contributed by atoms with E-state index in [0.29, 0.717) is 6.54 Å². The third-order valence-electron chi connectivity index (χ3n) is 11.6. The molecule has 11 heteroatoms. The van der Waals surface area contributed by atoms with Gasteiger partial charge in [-0.1, -0.05) is 68.2 Å². The van der Waals surface area contributed by atoms with Crippen molar-refractivity contribution < 1.29 is 19.1 Å². The van der Waals surface area contributed by atoms with E-state index < -0.39 is 12.1 Å². The van der Waals surface area contributed by atoms with Crippen LogP contribution in [0.15, 0.2) is 79.0 Å². The minimum Gasteiger partial charge on any atom is -0.453 e. The third kappa shape index (κ3) is 7.33. The number of carbonyl (C=O) groups is 3. The molecule has 3 aliphatic rings. The lowest BCUT2D eigenvalue weighted by molar-refractivity contribution is -0.135. The summed E-state index contributed by atoms with van der Waals surface area (Å²) in [4.78, 5) is 59.8. The van der Waals surface area contributed by atoms with Crippen molar-refractivity contribution in [3.05, 3.63) is 107 Å². The molecule has 1 spiro atoms. The van der Waals surface area contributed by atoms with Gasteiger partial charge in [-0.15, -0.1) is 0 Å². The van der Waals surface area contributed by atoms with Gasteiger partial charge in [0.1, 0.15) is 17.7 Å². The van der Waals surface area contributed by atoms with Crippen LogP contribution in [0.1, 0.15) is 99.2 Å². The van der Waals surface area contributed by atoms with Crippen LogP contribution in [0.2, 0.25) is 0 Å². The number of methoxy groups -OCH3 is 1. The van der Waals surface area contributed by atoms with E-state index in [1.54, 1.807) is 6.20 Å². The molecule has 3 N–H and O–H groups in total. The summed E-state index contributed by atoms with van der Waals surface area (Å²) < 4.78 is 4.76. The second kappa shape index (κ2) is 14.7. The van der Waals surface area contributed by atoms with E-state index in [0.717, 1.165) is 89.3 Å². The predicted octanol–water partition coefficient (Wildman–Crippen LogP) is 7.25. The first kappa shape index (κ1) is 36.1. The minimum absolute atomic E-state index is 0.0697. The molecule has 55 heavy (non-hydrogen) atoms. The zero-order valence-electron chi connectivity index (χ0n) is 31.8. The Kier molecular flexibility index (Phi) is 9.68. The molecular weight excluding hydrogens is 691 g/mol. The van der Waals surface area contributed by atoms with Gasteiger partial charge in [-0.2, -0.15) is 0 Å². The van der Waals surface area contributed by atoms with E-state index in [4.69, 9.17) is 9.72 Å². The number of fused-ring (bicyclic) bond motifs is 1. The quantitative estimate of drug-likeness (QED) is 0.144. The van der Waals surface area contributed by atoms with Crippen molar-refractivity contribution in [1.29, 1.82) is 0 Å². The fourth-order valence-electron chi connectivity index (χ4n) is 8.19. The maximum atomic E-state index is 13.8. The number of imidazole rings is 2. The predicted molar refractivity (Wildman–Crippen MR) is 210 cm³/mol. The zero-order chi connectivity index (χ0) is 38.3. The first-order valence-corrected chi connectivity index (χ1v) is 19.3. The summed E-state index contributed by atoms with van der Waals surface area (Å²) in [7, 11) is 1.29. The molecule has 2 aromatic heterocycles. The van der Waals surface area contributed by atoms with Crippen LogP contribution in [-0.2, 0) is 14.3 Å². The number of carbonyl (C=O) groups excluding carboxylic acids is 3. The SMILES string of the molecule is COC(=O)N[C@H](C(=O)N1CCC[C@H]1c1ncc(-c2ccc(C#Cc3ccc4nc([C@@H]5CC6(CC6)CN5C(=O)[C@H](C)c5ccccc5)[nH]c4c3)cc2)[nH]1)C(C)C. The van der Waals surface area contributed by atoms with Gasteiger partial charge in [-0.25, -0.2) is 14.8 Å². The summed E-state index contributed by atoms with van der Waals surface area (Å²) in [6.07, 6.45) is 6.09. The summed E-state index contributed by atoms with van der Waals surface area (Å²) in [5, 5.41) is 2.70. The largest absolute Gasteiger partial charge is 0.453 e. The van der Waals surface area contributed by atoms with Gasteiger partial charge in [0.05, 0.1) is 48.0 Å². The lowest BCUT2D eigenvalue weighted by Crippen LogP contribution is -2.51. The number of nitrogens with zero attached hydrogens (tertiary/aromatic N) is 4. The van der Waals surface area contributed by atoms with Crippen molar-refractivity contribution in [1.82, 2.24) is 35.1 Å². The molecule has 3 fully saturated rings. The van der Waals surface area contributed by atoms with Crippen LogP contribution in [0.25, 0.3) is 22.3 Å². The molecular formula is C44H47N7O4. The van der Waals surface area contributed by atoms with E-state index in [2.05, 4.69) is 37.0 Å². The summed E-state index contributed by atoms with van der Waals surface area (Å²) in [5.41, 5.74) is 6.61. The molecule has 282 valence electrons. The Hall–Kier alpha value is -5.89. The average molecular weight is 738 g/mol. The van der Waals surface area contributed by atoms with Gasteiger partial charge < -0.3 is 29.8 Å². The maximum Gasteiger partial charge on any atom is 0.407 e. The van der Waals surface area contributed by atoms with Crippen molar-refractivity contribution in [2.45, 2.75) is 76.9 Å². The fourth-order valence-corrected chi connectivity index (χ4v) is 8.19. The highest BCUT2D eigenvalue weighted by Gasteiger charge is 2.54. The molecule has 2 saturated heterocycles. The van der Waals surface area contributed by atoms with Crippen molar-refractivity contribution >= 4 is 28.9 Å². The summed E-state index contributed by atoms with van der Waals surface area (Å²) >= 11 is 0. The van der Waals surface area contributed by atoms with Crippen molar-refractivity contribution in [3.8, 4) is 23.1 Å². The Morgan fingerprint density at radius 1 is 0.891 bits per heavy atom. The highest BCUT2D eigenvalue weighted by Crippen LogP contribution is 2.58. The second-order valence-electron chi connectivity index (χ2n) is 15.7. The monoisotopic (exact) mass is 737 g/mol. The molecule has 0 bridgehead atoms. The molecule has 5 aromatic rings. The average Bonchev–Trinajstić information content (AvgIpc) is 3.69. The lowest BCUT2D eigenvalue weighted by atomic mass is 9.99. The Labute approximate surface area is 321 Å². The Morgan fingerprint density at radius 3 is 2.36 bits per heavy atom. The molecule has 4 heterocycles. The van der Waals surface area contributed by atoms with Gasteiger partial charge in [0, 0.05) is 24.2 Å². The highest BCUT2D eigenvalue weighted by molar-refractivity contribution is 5.87. The molecule has 3 amide bonds. The number of alkyl carbamates (subject to hydrolysis) is 1. The van der Waals surface area contributed by atoms with Crippen molar-refractivity contribution in [2.75, 3.05) is 20.2 Å². The number of nitrogens with one attached hydrogen (secondary N) is 3.